The predicted octanol–water partition coefficient (Wildman–Crippen LogP) is 2.77. The number of nitrogens with one attached hydrogen (secondary N) is 1. The Labute approximate surface area is 149 Å². The molecule has 0 radical (unpaired) electrons. The summed E-state index contributed by atoms with van der Waals surface area (Å²) in [7, 11) is 2.00. The van der Waals surface area contributed by atoms with E-state index >= 15 is 0 Å². The Hall–Kier alpha value is -3.29. The van der Waals surface area contributed by atoms with E-state index in [0.29, 0.717) is 23.9 Å². The molecule has 0 aliphatic heterocycles. The first-order valence-electron chi connectivity index (χ1n) is 8.57. The Bertz CT molecular complexity index is 1080. The topological polar surface area (TPSA) is 92.9 Å². The van der Waals surface area contributed by atoms with Crippen LogP contribution in [0.15, 0.2) is 41.3 Å². The van der Waals surface area contributed by atoms with Crippen molar-refractivity contribution >= 4 is 33.7 Å². The third kappa shape index (κ3) is 2.69. The molecule has 3 aromatic heterocycles. The molecule has 0 atom stereocenters. The van der Waals surface area contributed by atoms with Gasteiger partial charge in [0.2, 0.25) is 11.3 Å². The molecule has 1 aliphatic carbocycles. The largest absolute Gasteiger partial charge is 0.364 e. The second-order valence-electron chi connectivity index (χ2n) is 6.60. The van der Waals surface area contributed by atoms with Gasteiger partial charge in [0.05, 0.1) is 0 Å². The van der Waals surface area contributed by atoms with Gasteiger partial charge in [0, 0.05) is 37.4 Å². The van der Waals surface area contributed by atoms with E-state index in [2.05, 4.69) is 47.6 Å². The molecule has 1 fully saturated rings. The summed E-state index contributed by atoms with van der Waals surface area (Å²) in [4.78, 5) is 15.4. The lowest BCUT2D eigenvalue weighted by molar-refractivity contribution is 0.314. The Morgan fingerprint density at radius 2 is 2.00 bits per heavy atom. The lowest BCUT2D eigenvalue weighted by atomic mass is 10.1. The summed E-state index contributed by atoms with van der Waals surface area (Å²) in [6.07, 6.45) is 6.00. The van der Waals surface area contributed by atoms with Crippen molar-refractivity contribution in [2.75, 3.05) is 17.3 Å². The fourth-order valence-corrected chi connectivity index (χ4v) is 3.07. The zero-order valence-corrected chi connectivity index (χ0v) is 14.3. The van der Waals surface area contributed by atoms with E-state index in [0.717, 1.165) is 29.9 Å². The van der Waals surface area contributed by atoms with Gasteiger partial charge in [0.25, 0.3) is 0 Å². The molecule has 1 N–H and O–H groups in total. The number of pyridine rings is 1. The van der Waals surface area contributed by atoms with E-state index in [1.165, 1.54) is 10.9 Å². The molecule has 26 heavy (non-hydrogen) atoms. The minimum Gasteiger partial charge on any atom is -0.364 e. The van der Waals surface area contributed by atoms with Crippen LogP contribution in [-0.4, -0.2) is 38.4 Å². The summed E-state index contributed by atoms with van der Waals surface area (Å²) in [6.45, 7) is 0.687. The van der Waals surface area contributed by atoms with Crippen LogP contribution in [0.25, 0.3) is 22.1 Å². The first kappa shape index (κ1) is 15.0. The molecular weight excluding hydrogens is 330 g/mol. The highest BCUT2D eigenvalue weighted by Gasteiger charge is 2.25. The van der Waals surface area contributed by atoms with E-state index in [9.17, 15) is 0 Å². The Morgan fingerprint density at radius 3 is 2.85 bits per heavy atom. The van der Waals surface area contributed by atoms with Gasteiger partial charge in [-0.05, 0) is 40.2 Å². The van der Waals surface area contributed by atoms with E-state index in [-0.39, 0.29) is 0 Å². The standard InChI is InChI=1S/C18H17N7O/c1-25(10-12-4-2-3-11-9-19-8-7-14(11)12)18-17(20-13-5-6-13)21-15-16(22-18)24-26-23-15/h2-4,7-9,13H,5-6,10H2,1H3,(H,20,21,23). The predicted molar refractivity (Wildman–Crippen MR) is 97.9 cm³/mol. The number of benzene rings is 1. The lowest BCUT2D eigenvalue weighted by Gasteiger charge is -2.21. The molecule has 1 aromatic carbocycles. The maximum Gasteiger partial charge on any atom is 0.245 e. The zero-order valence-electron chi connectivity index (χ0n) is 14.3. The van der Waals surface area contributed by atoms with E-state index < -0.39 is 0 Å². The molecule has 0 unspecified atom stereocenters. The van der Waals surface area contributed by atoms with Gasteiger partial charge < -0.3 is 10.2 Å². The number of hydrogen-bond acceptors (Lipinski definition) is 8. The minimum absolute atomic E-state index is 0.412. The molecule has 5 rings (SSSR count). The van der Waals surface area contributed by atoms with Crippen LogP contribution in [-0.2, 0) is 6.54 Å². The molecule has 8 nitrogen and oxygen atoms in total. The maximum absolute atomic E-state index is 4.77. The van der Waals surface area contributed by atoms with Crippen molar-refractivity contribution in [3.05, 3.63) is 42.2 Å². The number of anilines is 2. The molecule has 1 saturated carbocycles. The van der Waals surface area contributed by atoms with E-state index in [1.807, 2.05) is 31.6 Å². The molecule has 8 heteroatoms. The van der Waals surface area contributed by atoms with Gasteiger partial charge in [-0.2, -0.15) is 0 Å². The van der Waals surface area contributed by atoms with Crippen LogP contribution in [0.1, 0.15) is 18.4 Å². The van der Waals surface area contributed by atoms with Crippen LogP contribution < -0.4 is 10.2 Å². The van der Waals surface area contributed by atoms with Crippen LogP contribution in [0.3, 0.4) is 0 Å². The van der Waals surface area contributed by atoms with Crippen molar-refractivity contribution in [2.45, 2.75) is 25.4 Å². The zero-order chi connectivity index (χ0) is 17.5. The maximum atomic E-state index is 4.77. The molecule has 0 saturated heterocycles. The highest BCUT2D eigenvalue weighted by atomic mass is 16.6. The number of fused-ring (bicyclic) bond motifs is 2. The molecule has 3 heterocycles. The summed E-state index contributed by atoms with van der Waals surface area (Å²) in [6, 6.07) is 8.73. The normalized spacial score (nSPS) is 14.0. The average molecular weight is 347 g/mol. The van der Waals surface area contributed by atoms with Crippen LogP contribution in [0.2, 0.25) is 0 Å². The molecular formula is C18H17N7O. The van der Waals surface area contributed by atoms with Crippen molar-refractivity contribution in [2.24, 2.45) is 0 Å². The van der Waals surface area contributed by atoms with Gasteiger partial charge in [-0.15, -0.1) is 0 Å². The molecule has 0 amide bonds. The summed E-state index contributed by atoms with van der Waals surface area (Å²) in [5.41, 5.74) is 2.03. The van der Waals surface area contributed by atoms with Crippen molar-refractivity contribution < 1.29 is 4.63 Å². The van der Waals surface area contributed by atoms with Crippen molar-refractivity contribution in [1.29, 1.82) is 0 Å². The van der Waals surface area contributed by atoms with Crippen molar-refractivity contribution in [3.63, 3.8) is 0 Å². The molecule has 1 aliphatic rings. The monoisotopic (exact) mass is 347 g/mol. The highest BCUT2D eigenvalue weighted by molar-refractivity contribution is 5.85. The van der Waals surface area contributed by atoms with Gasteiger partial charge in [-0.25, -0.2) is 14.6 Å². The highest BCUT2D eigenvalue weighted by Crippen LogP contribution is 2.30. The quantitative estimate of drug-likeness (QED) is 0.589. The summed E-state index contributed by atoms with van der Waals surface area (Å²) < 4.78 is 4.77. The molecule has 4 aromatic rings. The summed E-state index contributed by atoms with van der Waals surface area (Å²) in [5.74, 6) is 1.46. The van der Waals surface area contributed by atoms with Crippen LogP contribution in [0, 0.1) is 0 Å². The lowest BCUT2D eigenvalue weighted by Crippen LogP contribution is -2.21. The third-order valence-corrected chi connectivity index (χ3v) is 4.55. The number of nitrogens with zero attached hydrogens (tertiary/aromatic N) is 6. The van der Waals surface area contributed by atoms with Crippen molar-refractivity contribution in [3.8, 4) is 0 Å². The molecule has 130 valence electrons. The third-order valence-electron chi connectivity index (χ3n) is 4.55. The molecule has 0 bridgehead atoms. The Balaban J connectivity index is 1.53. The first-order valence-corrected chi connectivity index (χ1v) is 8.57. The van der Waals surface area contributed by atoms with Crippen LogP contribution >= 0.6 is 0 Å². The summed E-state index contributed by atoms with van der Waals surface area (Å²) in [5, 5.41) is 13.4. The molecule has 0 spiro atoms. The first-order chi connectivity index (χ1) is 12.8. The number of aromatic nitrogens is 5. The van der Waals surface area contributed by atoms with Gasteiger partial charge in [-0.1, -0.05) is 18.2 Å². The minimum atomic E-state index is 0.412. The van der Waals surface area contributed by atoms with Crippen molar-refractivity contribution in [1.82, 2.24) is 25.3 Å². The second kappa shape index (κ2) is 5.91. The van der Waals surface area contributed by atoms with Gasteiger partial charge >= 0.3 is 0 Å². The number of rotatable bonds is 5. The van der Waals surface area contributed by atoms with Gasteiger partial charge in [0.15, 0.2) is 11.6 Å². The van der Waals surface area contributed by atoms with Gasteiger partial charge in [-0.3, -0.25) is 4.98 Å². The van der Waals surface area contributed by atoms with Crippen LogP contribution in [0.5, 0.6) is 0 Å². The Morgan fingerprint density at radius 1 is 1.15 bits per heavy atom. The fourth-order valence-electron chi connectivity index (χ4n) is 3.07. The smallest absolute Gasteiger partial charge is 0.245 e. The SMILES string of the molecule is CN(Cc1cccc2cnccc12)c1nc2nonc2nc1NC1CC1. The average Bonchev–Trinajstić information content (AvgIpc) is 3.36. The van der Waals surface area contributed by atoms with E-state index in [1.54, 1.807) is 0 Å². The number of hydrogen-bond donors (Lipinski definition) is 1. The second-order valence-corrected chi connectivity index (χ2v) is 6.60. The fraction of sp³-hybridized carbons (Fsp3) is 0.278. The summed E-state index contributed by atoms with van der Waals surface area (Å²) >= 11 is 0. The van der Waals surface area contributed by atoms with E-state index in [4.69, 9.17) is 4.63 Å². The van der Waals surface area contributed by atoms with Gasteiger partial charge in [0.1, 0.15) is 0 Å². The van der Waals surface area contributed by atoms with Crippen LogP contribution in [0.4, 0.5) is 11.6 Å². The Kier molecular flexibility index (Phi) is 3.41.